The minimum absolute atomic E-state index is 1.16. The smallest absolute Gasteiger partial charge is 0.0547 e. The third kappa shape index (κ3) is 12.3. The lowest BCUT2D eigenvalue weighted by molar-refractivity contribution is 1.17. The van der Waals surface area contributed by atoms with E-state index >= 15 is 0 Å². The summed E-state index contributed by atoms with van der Waals surface area (Å²) in [5, 5.41) is 35.7. The van der Waals surface area contributed by atoms with E-state index in [4.69, 9.17) is 0 Å². The van der Waals surface area contributed by atoms with Crippen LogP contribution in [-0.2, 0) is 0 Å². The fourth-order valence-corrected chi connectivity index (χ4v) is 23.5. The summed E-state index contributed by atoms with van der Waals surface area (Å²) in [6.07, 6.45) is 0. The quantitative estimate of drug-likeness (QED) is 0.145. The van der Waals surface area contributed by atoms with Crippen LogP contribution in [0, 0.1) is 0 Å². The largest absolute Gasteiger partial charge is 0.309 e. The molecular weight excluding hydrogens is 1690 g/mol. The number of hydrogen-bond donors (Lipinski definition) is 0. The van der Waals surface area contributed by atoms with Crippen molar-refractivity contribution in [2.75, 3.05) is 0 Å². The fourth-order valence-electron chi connectivity index (χ4n) is 23.5. The van der Waals surface area contributed by atoms with Crippen LogP contribution in [0.1, 0.15) is 0 Å². The second kappa shape index (κ2) is 31.5. The molecule has 0 N–H and O–H groups in total. The van der Waals surface area contributed by atoms with Gasteiger partial charge in [0.05, 0.1) is 66.2 Å². The van der Waals surface area contributed by atoms with Gasteiger partial charge in [0.15, 0.2) is 0 Å². The van der Waals surface area contributed by atoms with Crippen LogP contribution >= 0.6 is 0 Å². The van der Waals surface area contributed by atoms with E-state index in [0.29, 0.717) is 0 Å². The number of para-hydroxylation sites is 3. The molecule has 6 heterocycles. The molecule has 0 aliphatic rings. The summed E-state index contributed by atoms with van der Waals surface area (Å²) in [6, 6.07) is 187. The Morgan fingerprint density at radius 2 is 0.286 bits per heavy atom. The molecule has 0 spiro atoms. The Balaban J connectivity index is 0.000000101. The first-order valence-corrected chi connectivity index (χ1v) is 48.3. The van der Waals surface area contributed by atoms with Crippen molar-refractivity contribution in [3.05, 3.63) is 510 Å². The molecule has 0 unspecified atom stereocenters. The van der Waals surface area contributed by atoms with E-state index in [-0.39, 0.29) is 0 Å². The Morgan fingerprint density at radius 1 is 0.0929 bits per heavy atom. The van der Waals surface area contributed by atoms with Gasteiger partial charge < -0.3 is 27.4 Å². The number of nitrogens with zero attached hydrogens (tertiary/aromatic N) is 6. The van der Waals surface area contributed by atoms with Crippen LogP contribution in [0.5, 0.6) is 0 Å². The Hall–Kier alpha value is -18.6. The Kier molecular flexibility index (Phi) is 17.7. The lowest BCUT2D eigenvalue weighted by Gasteiger charge is -2.11. The van der Waals surface area contributed by atoms with Gasteiger partial charge in [0.25, 0.3) is 0 Å². The van der Waals surface area contributed by atoms with Crippen LogP contribution in [0.15, 0.2) is 510 Å². The molecule has 31 aromatic rings. The van der Waals surface area contributed by atoms with Gasteiger partial charge in [-0.2, -0.15) is 0 Å². The van der Waals surface area contributed by atoms with Gasteiger partial charge in [0.1, 0.15) is 0 Å². The first-order chi connectivity index (χ1) is 69.5. The van der Waals surface area contributed by atoms with Crippen molar-refractivity contribution in [3.8, 4) is 56.4 Å². The zero-order valence-corrected chi connectivity index (χ0v) is 76.2. The minimum atomic E-state index is 1.16. The van der Waals surface area contributed by atoms with Crippen molar-refractivity contribution < 1.29 is 0 Å². The summed E-state index contributed by atoms with van der Waals surface area (Å²) in [5.74, 6) is 0. The van der Waals surface area contributed by atoms with E-state index in [2.05, 4.69) is 537 Å². The van der Waals surface area contributed by atoms with Crippen LogP contribution in [0.2, 0.25) is 0 Å². The van der Waals surface area contributed by atoms with Crippen molar-refractivity contribution >= 4 is 217 Å². The molecule has 6 heteroatoms. The molecule has 0 radical (unpaired) electrons. The highest BCUT2D eigenvalue weighted by molar-refractivity contribution is 6.32. The van der Waals surface area contributed by atoms with Gasteiger partial charge in [-0.3, -0.25) is 0 Å². The third-order valence-corrected chi connectivity index (χ3v) is 29.8. The van der Waals surface area contributed by atoms with E-state index in [1.54, 1.807) is 0 Å². The molecule has 140 heavy (non-hydrogen) atoms. The average Bonchev–Trinajstić information content (AvgIpc) is 1.56. The minimum Gasteiger partial charge on any atom is -0.309 e. The van der Waals surface area contributed by atoms with Crippen LogP contribution in [0.4, 0.5) is 0 Å². The summed E-state index contributed by atoms with van der Waals surface area (Å²) in [4.78, 5) is 0. The zero-order chi connectivity index (χ0) is 91.7. The molecule has 0 saturated heterocycles. The number of rotatable bonds is 8. The van der Waals surface area contributed by atoms with Crippen molar-refractivity contribution in [2.45, 2.75) is 0 Å². The van der Waals surface area contributed by atoms with Crippen molar-refractivity contribution in [1.82, 2.24) is 27.4 Å². The molecule has 31 rings (SSSR count). The monoisotopic (exact) mass is 1780 g/mol. The summed E-state index contributed by atoms with van der Waals surface area (Å²) in [5.41, 5.74) is 26.5. The molecule has 0 fully saturated rings. The highest BCUT2D eigenvalue weighted by Gasteiger charge is 2.26. The average molecular weight is 1780 g/mol. The Bertz CT molecular complexity index is 10300. The molecule has 0 atom stereocenters. The Morgan fingerprint density at radius 3 is 0.621 bits per heavy atom. The molecule has 0 aliphatic heterocycles. The first-order valence-electron chi connectivity index (χ1n) is 48.3. The lowest BCUT2D eigenvalue weighted by atomic mass is 10.00. The molecule has 0 saturated carbocycles. The van der Waals surface area contributed by atoms with Crippen LogP contribution in [0.25, 0.3) is 273 Å². The number of aromatic nitrogens is 6. The van der Waals surface area contributed by atoms with Gasteiger partial charge in [-0.15, -0.1) is 0 Å². The summed E-state index contributed by atoms with van der Waals surface area (Å²) in [6.45, 7) is 0. The van der Waals surface area contributed by atoms with Gasteiger partial charge in [0, 0.05) is 98.8 Å². The normalized spacial score (nSPS) is 12.0. The molecule has 0 aliphatic carbocycles. The predicted octanol–water partition coefficient (Wildman–Crippen LogP) is 36.2. The van der Waals surface area contributed by atoms with E-state index in [0.717, 1.165) is 11.4 Å². The first kappa shape index (κ1) is 78.8. The van der Waals surface area contributed by atoms with E-state index in [1.807, 2.05) is 0 Å². The van der Waals surface area contributed by atoms with Crippen molar-refractivity contribution in [3.63, 3.8) is 0 Å². The maximum absolute atomic E-state index is 2.46. The highest BCUT2D eigenvalue weighted by atomic mass is 15.0. The fraction of sp³-hybridized carbons (Fsp3) is 0. The predicted molar refractivity (Wildman–Crippen MR) is 596 cm³/mol. The lowest BCUT2D eigenvalue weighted by Crippen LogP contribution is -1.96. The van der Waals surface area contributed by atoms with Crippen LogP contribution < -0.4 is 0 Å². The standard InChI is InChI=1S/C48H30N2.C44H28N2.C42H26N2/c1-2-12-35-29-38(25-19-31(35)9-1)50-43-16-8-7-15-41(43)42-30-36(22-26-44(42)50)32-17-23-37(24-18-32)49-45-27-20-33-10-3-5-13-39(33)47(45)48-40-14-6-4-11-34(40)21-28-46(48)49;1-2-10-29(11-3-1)30-18-22-33(23-19-30)45-39-17-9-8-16-37(39)38-28-34(24-27-40(38)45)46-41-25-20-31-12-4-6-14-35(31)43(41)44-36-15-7-5-13-32(36)21-26-42(44)46;1-2-12-30-25-31(20-17-27(30)9-1)43-37-16-8-7-15-35(37)36-26-32(21-24-38(36)43)44-39-22-18-28-10-3-5-13-33(28)41(39)42-34-14-6-4-11-29(34)19-23-40(42)44/h1-30H;1-28H;1-26H. The van der Waals surface area contributed by atoms with Gasteiger partial charge >= 0.3 is 0 Å². The SMILES string of the molecule is c1ccc(-c2ccc(-n3c4ccccc4c4cc(-n5c6ccc7ccccc7c6c6c7ccccc7ccc65)ccc43)cc2)cc1.c1ccc2cc(-n3c4ccccc4c4cc(-c5ccc(-n6c7ccc8ccccc8c7c7c8ccccc8ccc76)cc5)ccc43)ccc2c1.c1ccc2cc(-n3c4ccccc4c4cc(-n5c6ccc7ccccc7c6c6c7ccccc7ccc65)ccc43)ccc2c1. The highest BCUT2D eigenvalue weighted by Crippen LogP contribution is 2.48. The number of benzene rings is 25. The second-order valence-corrected chi connectivity index (χ2v) is 37.3. The van der Waals surface area contributed by atoms with Crippen LogP contribution in [0.3, 0.4) is 0 Å². The van der Waals surface area contributed by atoms with Gasteiger partial charge in [-0.05, 0) is 260 Å². The molecule has 650 valence electrons. The summed E-state index contributed by atoms with van der Waals surface area (Å²) < 4.78 is 14.6. The second-order valence-electron chi connectivity index (χ2n) is 37.3. The molecule has 6 aromatic heterocycles. The van der Waals surface area contributed by atoms with E-state index in [1.165, 1.54) is 262 Å². The van der Waals surface area contributed by atoms with Gasteiger partial charge in [0.2, 0.25) is 0 Å². The van der Waals surface area contributed by atoms with Crippen molar-refractivity contribution in [2.24, 2.45) is 0 Å². The van der Waals surface area contributed by atoms with Gasteiger partial charge in [-0.25, -0.2) is 0 Å². The summed E-state index contributed by atoms with van der Waals surface area (Å²) in [7, 11) is 0. The van der Waals surface area contributed by atoms with Gasteiger partial charge in [-0.1, -0.05) is 358 Å². The number of hydrogen-bond acceptors (Lipinski definition) is 0. The Labute approximate surface area is 804 Å². The number of fused-ring (bicyclic) bond motifs is 32. The topological polar surface area (TPSA) is 29.6 Å². The van der Waals surface area contributed by atoms with Crippen molar-refractivity contribution in [1.29, 1.82) is 0 Å². The summed E-state index contributed by atoms with van der Waals surface area (Å²) >= 11 is 0. The van der Waals surface area contributed by atoms with E-state index < -0.39 is 0 Å². The third-order valence-electron chi connectivity index (χ3n) is 29.8. The molecule has 0 amide bonds. The maximum atomic E-state index is 2.46. The zero-order valence-electron chi connectivity index (χ0n) is 76.2. The molecule has 6 nitrogen and oxygen atoms in total. The molecular formula is C134H84N6. The van der Waals surface area contributed by atoms with E-state index in [9.17, 15) is 0 Å². The maximum Gasteiger partial charge on any atom is 0.0547 e. The molecule has 25 aromatic carbocycles. The molecule has 0 bridgehead atoms. The van der Waals surface area contributed by atoms with Crippen LogP contribution in [-0.4, -0.2) is 27.4 Å².